The van der Waals surface area contributed by atoms with Crippen molar-refractivity contribution in [3.05, 3.63) is 64.3 Å². The van der Waals surface area contributed by atoms with Gasteiger partial charge in [-0.15, -0.1) is 0 Å². The monoisotopic (exact) mass is 557 g/mol. The molecule has 17 heteroatoms. The number of carbonyl (C=O) groups excluding carboxylic acids is 1. The summed E-state index contributed by atoms with van der Waals surface area (Å²) in [4.78, 5) is 42.8. The van der Waals surface area contributed by atoms with Gasteiger partial charge in [0.1, 0.15) is 5.56 Å². The topological polar surface area (TPSA) is 169 Å². The Bertz CT molecular complexity index is 1590. The summed E-state index contributed by atoms with van der Waals surface area (Å²) in [6, 6.07) is 6.69. The van der Waals surface area contributed by atoms with Crippen LogP contribution in [0.1, 0.15) is 10.4 Å². The fourth-order valence-corrected chi connectivity index (χ4v) is 2.91. The van der Waals surface area contributed by atoms with Gasteiger partial charge in [0, 0.05) is 11.9 Å². The lowest BCUT2D eigenvalue weighted by molar-refractivity contribution is -0.196. The number of fused-ring (bicyclic) bond motifs is 1. The SMILES string of the molecule is COC(=O)C(F)(F)F.COc1c(F)ccc(Nc2ncc(C(=O)O)c(Nc3ccc4oc(=O)[nH]c4c3)n2)c1F. The number of alkyl halides is 3. The van der Waals surface area contributed by atoms with E-state index in [2.05, 4.69) is 30.3 Å². The maximum absolute atomic E-state index is 14.4. The van der Waals surface area contributed by atoms with Crippen LogP contribution in [0.25, 0.3) is 11.1 Å². The maximum atomic E-state index is 14.4. The van der Waals surface area contributed by atoms with Crippen LogP contribution in [-0.4, -0.2) is 52.4 Å². The number of anilines is 4. The molecular weight excluding hydrogens is 541 g/mol. The fraction of sp³-hybridized carbons (Fsp3) is 0.136. The first-order valence-electron chi connectivity index (χ1n) is 10.3. The summed E-state index contributed by atoms with van der Waals surface area (Å²) in [5.74, 6) is -6.85. The molecule has 0 saturated heterocycles. The van der Waals surface area contributed by atoms with E-state index in [4.69, 9.17) is 9.15 Å². The molecule has 0 atom stereocenters. The number of esters is 1. The Balaban J connectivity index is 0.000000459. The lowest BCUT2D eigenvalue weighted by Gasteiger charge is -2.12. The predicted octanol–water partition coefficient (Wildman–Crippen LogP) is 4.11. The van der Waals surface area contributed by atoms with Gasteiger partial charge in [0.25, 0.3) is 0 Å². The van der Waals surface area contributed by atoms with E-state index < -0.39 is 41.3 Å². The first-order chi connectivity index (χ1) is 18.3. The van der Waals surface area contributed by atoms with Crippen LogP contribution in [0.5, 0.6) is 5.75 Å². The summed E-state index contributed by atoms with van der Waals surface area (Å²) in [5.41, 5.74) is 0.666. The molecule has 0 spiro atoms. The third kappa shape index (κ3) is 6.76. The molecule has 0 aliphatic heterocycles. The maximum Gasteiger partial charge on any atom is 0.490 e. The summed E-state index contributed by atoms with van der Waals surface area (Å²) >= 11 is 0. The number of carboxylic acid groups (broad SMARTS) is 1. The second-order valence-corrected chi connectivity index (χ2v) is 7.17. The molecule has 0 aliphatic rings. The standard InChI is InChI=1S/C19H13F2N5O5.C3H3F3O2/c1-30-15-10(20)3-4-11(14(15)21)24-18-22-7-9(17(27)28)16(26-18)23-8-2-5-13-12(6-8)25-19(29)31-13;1-8-2(7)3(4,5)6/h2-7H,1H3,(H,25,29)(H,27,28)(H2,22,23,24,26);1H3. The smallest absolute Gasteiger partial charge is 0.490 e. The number of nitrogens with zero attached hydrogens (tertiary/aromatic N) is 2. The van der Waals surface area contributed by atoms with Gasteiger partial charge in [0.05, 0.1) is 25.4 Å². The highest BCUT2D eigenvalue weighted by Crippen LogP contribution is 2.30. The average molecular weight is 557 g/mol. The number of aromatic nitrogens is 3. The van der Waals surface area contributed by atoms with E-state index in [0.29, 0.717) is 23.9 Å². The Morgan fingerprint density at radius 3 is 2.41 bits per heavy atom. The Kier molecular flexibility index (Phi) is 8.32. The number of carbonyl (C=O) groups is 2. The number of hydrogen-bond acceptors (Lipinski definition) is 10. The molecule has 0 saturated carbocycles. The molecule has 0 amide bonds. The second-order valence-electron chi connectivity index (χ2n) is 7.17. The number of carboxylic acids is 1. The van der Waals surface area contributed by atoms with Gasteiger partial charge in [0.2, 0.25) is 5.95 Å². The molecule has 12 nitrogen and oxygen atoms in total. The van der Waals surface area contributed by atoms with Crippen LogP contribution in [0, 0.1) is 11.6 Å². The summed E-state index contributed by atoms with van der Waals surface area (Å²) in [6.45, 7) is 0. The molecule has 2 heterocycles. The number of H-pyrrole nitrogens is 1. The van der Waals surface area contributed by atoms with Gasteiger partial charge < -0.3 is 29.6 Å². The number of nitrogens with one attached hydrogen (secondary N) is 3. The molecule has 4 N–H and O–H groups in total. The van der Waals surface area contributed by atoms with Gasteiger partial charge in [0.15, 0.2) is 28.8 Å². The number of methoxy groups -OCH3 is 2. The van der Waals surface area contributed by atoms with Crippen molar-refractivity contribution in [1.29, 1.82) is 0 Å². The van der Waals surface area contributed by atoms with Crippen molar-refractivity contribution in [2.75, 3.05) is 24.9 Å². The number of ether oxygens (including phenoxy) is 2. The minimum atomic E-state index is -4.85. The Labute approximate surface area is 213 Å². The van der Waals surface area contributed by atoms with E-state index >= 15 is 0 Å². The highest BCUT2D eigenvalue weighted by molar-refractivity contribution is 5.94. The second kappa shape index (κ2) is 11.4. The number of aromatic carboxylic acids is 1. The molecule has 4 aromatic rings. The third-order valence-electron chi connectivity index (χ3n) is 4.62. The summed E-state index contributed by atoms with van der Waals surface area (Å²) in [6.07, 6.45) is -3.83. The molecule has 4 rings (SSSR count). The van der Waals surface area contributed by atoms with Crippen molar-refractivity contribution in [2.24, 2.45) is 0 Å². The van der Waals surface area contributed by atoms with Crippen molar-refractivity contribution in [1.82, 2.24) is 15.0 Å². The van der Waals surface area contributed by atoms with Gasteiger partial charge in [-0.25, -0.2) is 28.1 Å². The third-order valence-corrected chi connectivity index (χ3v) is 4.62. The number of halogens is 5. The van der Waals surface area contributed by atoms with Crippen molar-refractivity contribution < 1.29 is 50.5 Å². The summed E-state index contributed by atoms with van der Waals surface area (Å²) in [5, 5.41) is 14.8. The van der Waals surface area contributed by atoms with E-state index in [1.165, 1.54) is 12.1 Å². The number of benzene rings is 2. The molecule has 2 aromatic heterocycles. The fourth-order valence-electron chi connectivity index (χ4n) is 2.91. The van der Waals surface area contributed by atoms with Gasteiger partial charge in [-0.2, -0.15) is 18.2 Å². The van der Waals surface area contributed by atoms with Crippen molar-refractivity contribution >= 4 is 46.2 Å². The van der Waals surface area contributed by atoms with Gasteiger partial charge in [-0.05, 0) is 30.3 Å². The van der Waals surface area contributed by atoms with E-state index in [0.717, 1.165) is 25.4 Å². The van der Waals surface area contributed by atoms with E-state index in [1.807, 2.05) is 0 Å². The first kappa shape index (κ1) is 28.4. The lowest BCUT2D eigenvalue weighted by Crippen LogP contribution is -2.23. The number of hydrogen-bond donors (Lipinski definition) is 4. The molecule has 0 bridgehead atoms. The number of rotatable bonds is 6. The molecule has 0 unspecified atom stereocenters. The van der Waals surface area contributed by atoms with Crippen molar-refractivity contribution in [2.45, 2.75) is 6.18 Å². The van der Waals surface area contributed by atoms with Crippen molar-refractivity contribution in [3.63, 3.8) is 0 Å². The first-order valence-corrected chi connectivity index (χ1v) is 10.3. The van der Waals surface area contributed by atoms with E-state index in [9.17, 15) is 41.4 Å². The molecular formula is C22H16F5N5O7. The van der Waals surface area contributed by atoms with Crippen LogP contribution in [0.15, 0.2) is 45.7 Å². The van der Waals surface area contributed by atoms with Crippen LogP contribution in [0.4, 0.5) is 45.1 Å². The molecule has 206 valence electrons. The quantitative estimate of drug-likeness (QED) is 0.199. The zero-order valence-corrected chi connectivity index (χ0v) is 19.6. The minimum Gasteiger partial charge on any atom is -0.491 e. The van der Waals surface area contributed by atoms with Gasteiger partial charge >= 0.3 is 23.9 Å². The van der Waals surface area contributed by atoms with Crippen LogP contribution in [0.3, 0.4) is 0 Å². The van der Waals surface area contributed by atoms with E-state index in [-0.39, 0.29) is 23.0 Å². The van der Waals surface area contributed by atoms with E-state index in [1.54, 1.807) is 6.07 Å². The van der Waals surface area contributed by atoms with Crippen LogP contribution in [0.2, 0.25) is 0 Å². The normalized spacial score (nSPS) is 10.8. The minimum absolute atomic E-state index is 0.107. The zero-order valence-electron chi connectivity index (χ0n) is 19.6. The van der Waals surface area contributed by atoms with Crippen LogP contribution in [-0.2, 0) is 9.53 Å². The molecule has 2 aromatic carbocycles. The zero-order chi connectivity index (χ0) is 28.9. The van der Waals surface area contributed by atoms with Crippen LogP contribution < -0.4 is 21.1 Å². The Hall–Kier alpha value is -5.22. The highest BCUT2D eigenvalue weighted by Gasteiger charge is 2.40. The molecule has 39 heavy (non-hydrogen) atoms. The van der Waals surface area contributed by atoms with Gasteiger partial charge in [-0.3, -0.25) is 4.98 Å². The average Bonchev–Trinajstić information content (AvgIpc) is 3.24. The highest BCUT2D eigenvalue weighted by atomic mass is 19.4. The summed E-state index contributed by atoms with van der Waals surface area (Å²) < 4.78 is 73.9. The molecule has 0 aliphatic carbocycles. The van der Waals surface area contributed by atoms with Gasteiger partial charge in [-0.1, -0.05) is 0 Å². The Morgan fingerprint density at radius 1 is 1.10 bits per heavy atom. The Morgan fingerprint density at radius 2 is 1.82 bits per heavy atom. The largest absolute Gasteiger partial charge is 0.491 e. The predicted molar refractivity (Wildman–Crippen MR) is 123 cm³/mol. The lowest BCUT2D eigenvalue weighted by atomic mass is 10.2. The number of oxazole rings is 1. The number of aromatic amines is 1. The molecule has 0 fully saturated rings. The van der Waals surface area contributed by atoms with Crippen molar-refractivity contribution in [3.8, 4) is 5.75 Å². The summed E-state index contributed by atoms with van der Waals surface area (Å²) in [7, 11) is 1.80. The van der Waals surface area contributed by atoms with Crippen LogP contribution >= 0.6 is 0 Å². The molecule has 0 radical (unpaired) electrons.